The summed E-state index contributed by atoms with van der Waals surface area (Å²) < 4.78 is 3.10. The number of aromatic nitrogens is 3. The maximum absolute atomic E-state index is 11.8. The molecule has 1 amide bonds. The van der Waals surface area contributed by atoms with Crippen LogP contribution in [0.4, 0.5) is 0 Å². The lowest BCUT2D eigenvalue weighted by Gasteiger charge is -2.06. The van der Waals surface area contributed by atoms with E-state index in [1.165, 1.54) is 10.6 Å². The van der Waals surface area contributed by atoms with Gasteiger partial charge in [-0.25, -0.2) is 0 Å². The van der Waals surface area contributed by atoms with E-state index in [-0.39, 0.29) is 11.5 Å². The fourth-order valence-electron chi connectivity index (χ4n) is 1.54. The van der Waals surface area contributed by atoms with E-state index in [0.29, 0.717) is 12.1 Å². The first-order valence-electron chi connectivity index (χ1n) is 5.49. The van der Waals surface area contributed by atoms with Crippen molar-refractivity contribution in [3.8, 4) is 0 Å². The molecule has 0 aliphatic heterocycles. The second kappa shape index (κ2) is 4.87. The zero-order valence-corrected chi connectivity index (χ0v) is 10.3. The van der Waals surface area contributed by atoms with Crippen molar-refractivity contribution in [2.75, 3.05) is 0 Å². The van der Waals surface area contributed by atoms with Gasteiger partial charge in [0.2, 0.25) is 0 Å². The van der Waals surface area contributed by atoms with Gasteiger partial charge in [-0.1, -0.05) is 0 Å². The number of pyridine rings is 1. The summed E-state index contributed by atoms with van der Waals surface area (Å²) in [7, 11) is 3.44. The van der Waals surface area contributed by atoms with E-state index in [1.807, 2.05) is 6.07 Å². The van der Waals surface area contributed by atoms with Crippen LogP contribution >= 0.6 is 0 Å². The maximum atomic E-state index is 11.8. The summed E-state index contributed by atoms with van der Waals surface area (Å²) in [6.45, 7) is 0.380. The molecule has 0 radical (unpaired) electrons. The molecule has 0 atom stereocenters. The Morgan fingerprint density at radius 1 is 1.39 bits per heavy atom. The van der Waals surface area contributed by atoms with Gasteiger partial charge in [0.1, 0.15) is 0 Å². The lowest BCUT2D eigenvalue weighted by atomic mass is 10.2. The number of amides is 1. The standard InChI is InChI=1S/C12H14N4O2/c1-15-6-4-9(7-11(15)17)12(18)13-8-10-3-5-14-16(10)2/h3-7H,8H2,1-2H3,(H,13,18). The molecule has 0 bridgehead atoms. The predicted molar refractivity (Wildman–Crippen MR) is 66.1 cm³/mol. The summed E-state index contributed by atoms with van der Waals surface area (Å²) in [5.74, 6) is -0.270. The number of carbonyl (C=O) groups excluding carboxylic acids is 1. The lowest BCUT2D eigenvalue weighted by Crippen LogP contribution is -2.26. The first-order chi connectivity index (χ1) is 8.58. The van der Waals surface area contributed by atoms with E-state index in [9.17, 15) is 9.59 Å². The van der Waals surface area contributed by atoms with Crippen LogP contribution in [0.25, 0.3) is 0 Å². The monoisotopic (exact) mass is 246 g/mol. The highest BCUT2D eigenvalue weighted by atomic mass is 16.2. The largest absolute Gasteiger partial charge is 0.346 e. The van der Waals surface area contributed by atoms with Gasteiger partial charge in [0.05, 0.1) is 12.2 Å². The molecule has 0 saturated heterocycles. The van der Waals surface area contributed by atoms with Gasteiger partial charge in [-0.15, -0.1) is 0 Å². The van der Waals surface area contributed by atoms with Gasteiger partial charge in [0, 0.05) is 38.1 Å². The van der Waals surface area contributed by atoms with Crippen LogP contribution in [-0.4, -0.2) is 20.3 Å². The fraction of sp³-hybridized carbons (Fsp3) is 0.250. The molecule has 0 unspecified atom stereocenters. The molecule has 1 N–H and O–H groups in total. The Hall–Kier alpha value is -2.37. The molecule has 0 aliphatic rings. The second-order valence-electron chi connectivity index (χ2n) is 3.99. The molecule has 94 valence electrons. The molecule has 6 heteroatoms. The molecule has 0 fully saturated rings. The van der Waals surface area contributed by atoms with Crippen LogP contribution < -0.4 is 10.9 Å². The lowest BCUT2D eigenvalue weighted by molar-refractivity contribution is 0.0949. The quantitative estimate of drug-likeness (QED) is 0.832. The highest BCUT2D eigenvalue weighted by molar-refractivity contribution is 5.93. The summed E-state index contributed by atoms with van der Waals surface area (Å²) in [6, 6.07) is 4.75. The Kier molecular flexibility index (Phi) is 3.27. The molecule has 0 aromatic carbocycles. The zero-order chi connectivity index (χ0) is 13.1. The van der Waals surface area contributed by atoms with Crippen molar-refractivity contribution in [3.05, 3.63) is 52.2 Å². The molecule has 0 spiro atoms. The van der Waals surface area contributed by atoms with E-state index in [0.717, 1.165) is 5.69 Å². The van der Waals surface area contributed by atoms with Crippen molar-refractivity contribution < 1.29 is 4.79 Å². The van der Waals surface area contributed by atoms with Crippen molar-refractivity contribution in [1.29, 1.82) is 0 Å². The average molecular weight is 246 g/mol. The Morgan fingerprint density at radius 3 is 2.78 bits per heavy atom. The maximum Gasteiger partial charge on any atom is 0.251 e. The highest BCUT2D eigenvalue weighted by Crippen LogP contribution is 1.98. The third kappa shape index (κ3) is 2.48. The van der Waals surface area contributed by atoms with E-state index < -0.39 is 0 Å². The molecule has 2 aromatic rings. The van der Waals surface area contributed by atoms with Crippen molar-refractivity contribution in [1.82, 2.24) is 19.7 Å². The molecule has 2 heterocycles. The molecule has 2 rings (SSSR count). The van der Waals surface area contributed by atoms with Crippen LogP contribution in [0.3, 0.4) is 0 Å². The topological polar surface area (TPSA) is 68.9 Å². The summed E-state index contributed by atoms with van der Waals surface area (Å²) in [6.07, 6.45) is 3.24. The number of nitrogens with one attached hydrogen (secondary N) is 1. The molecular weight excluding hydrogens is 232 g/mol. The highest BCUT2D eigenvalue weighted by Gasteiger charge is 2.07. The van der Waals surface area contributed by atoms with Crippen molar-refractivity contribution >= 4 is 5.91 Å². The number of aryl methyl sites for hydroxylation is 2. The van der Waals surface area contributed by atoms with Crippen LogP contribution in [0.5, 0.6) is 0 Å². The van der Waals surface area contributed by atoms with Gasteiger partial charge in [-0.2, -0.15) is 5.10 Å². The van der Waals surface area contributed by atoms with Gasteiger partial charge in [-0.05, 0) is 12.1 Å². The minimum absolute atomic E-state index is 0.205. The normalized spacial score (nSPS) is 10.3. The first-order valence-corrected chi connectivity index (χ1v) is 5.49. The third-order valence-electron chi connectivity index (χ3n) is 2.72. The number of hydrogen-bond donors (Lipinski definition) is 1. The van der Waals surface area contributed by atoms with Crippen LogP contribution in [0.2, 0.25) is 0 Å². The Bertz CT molecular complexity index is 627. The minimum Gasteiger partial charge on any atom is -0.346 e. The van der Waals surface area contributed by atoms with Crippen LogP contribution in [0, 0.1) is 0 Å². The third-order valence-corrected chi connectivity index (χ3v) is 2.72. The molecule has 18 heavy (non-hydrogen) atoms. The molecular formula is C12H14N4O2. The van der Waals surface area contributed by atoms with Gasteiger partial charge < -0.3 is 9.88 Å². The Balaban J connectivity index is 2.06. The number of rotatable bonds is 3. The number of hydrogen-bond acceptors (Lipinski definition) is 3. The van der Waals surface area contributed by atoms with Crippen LogP contribution in [-0.2, 0) is 20.6 Å². The van der Waals surface area contributed by atoms with E-state index >= 15 is 0 Å². The Labute approximate surface area is 104 Å². The average Bonchev–Trinajstić information content (AvgIpc) is 2.75. The molecule has 6 nitrogen and oxygen atoms in total. The zero-order valence-electron chi connectivity index (χ0n) is 10.3. The van der Waals surface area contributed by atoms with Crippen molar-refractivity contribution in [3.63, 3.8) is 0 Å². The summed E-state index contributed by atoms with van der Waals surface area (Å²) in [5, 5.41) is 6.75. The molecule has 2 aromatic heterocycles. The summed E-state index contributed by atoms with van der Waals surface area (Å²) in [4.78, 5) is 23.2. The van der Waals surface area contributed by atoms with Gasteiger partial charge in [0.15, 0.2) is 0 Å². The summed E-state index contributed by atoms with van der Waals surface area (Å²) in [5.41, 5.74) is 1.05. The molecule has 0 saturated carbocycles. The number of nitrogens with zero attached hydrogens (tertiary/aromatic N) is 3. The second-order valence-corrected chi connectivity index (χ2v) is 3.99. The first kappa shape index (κ1) is 12.1. The predicted octanol–water partition coefficient (Wildman–Crippen LogP) is 0.0488. The number of carbonyl (C=O) groups is 1. The van der Waals surface area contributed by atoms with Gasteiger partial charge in [0.25, 0.3) is 11.5 Å². The van der Waals surface area contributed by atoms with Crippen LogP contribution in [0.15, 0.2) is 35.4 Å². The van der Waals surface area contributed by atoms with Gasteiger partial charge in [-0.3, -0.25) is 14.3 Å². The van der Waals surface area contributed by atoms with Crippen molar-refractivity contribution in [2.45, 2.75) is 6.54 Å². The molecule has 0 aliphatic carbocycles. The fourth-order valence-corrected chi connectivity index (χ4v) is 1.54. The Morgan fingerprint density at radius 2 is 2.17 bits per heavy atom. The van der Waals surface area contributed by atoms with E-state index in [4.69, 9.17) is 0 Å². The van der Waals surface area contributed by atoms with Crippen molar-refractivity contribution in [2.24, 2.45) is 14.1 Å². The van der Waals surface area contributed by atoms with Gasteiger partial charge >= 0.3 is 0 Å². The smallest absolute Gasteiger partial charge is 0.251 e. The minimum atomic E-state index is -0.270. The van der Waals surface area contributed by atoms with E-state index in [1.54, 1.807) is 37.2 Å². The van der Waals surface area contributed by atoms with E-state index in [2.05, 4.69) is 10.4 Å². The van der Waals surface area contributed by atoms with Crippen LogP contribution in [0.1, 0.15) is 16.1 Å². The SMILES string of the molecule is Cn1nccc1CNC(=O)c1ccn(C)c(=O)c1. The summed E-state index contributed by atoms with van der Waals surface area (Å²) >= 11 is 0.